The Kier molecular flexibility index (Phi) is 16.1. The van der Waals surface area contributed by atoms with Gasteiger partial charge in [0, 0.05) is 21.7 Å². The topological polar surface area (TPSA) is 40.9 Å². The molecule has 0 aliphatic carbocycles. The molecule has 2 nitrogen and oxygen atoms in total. The molecule has 0 radical (unpaired) electrons. The van der Waals surface area contributed by atoms with Crippen molar-refractivity contribution in [2.24, 2.45) is 0 Å². The van der Waals surface area contributed by atoms with E-state index in [2.05, 4.69) is 0 Å². The van der Waals surface area contributed by atoms with Crippen LogP contribution in [0.4, 0.5) is 0 Å². The van der Waals surface area contributed by atoms with E-state index in [9.17, 15) is 0 Å². The SMILES string of the molecule is N#[C][Al]=[O].[Ti]. The molecule has 0 spiro atoms. The van der Waals surface area contributed by atoms with Crippen LogP contribution in [0.3, 0.4) is 0 Å². The average Bonchev–Trinajstić information content (AvgIpc) is 1.37. The van der Waals surface area contributed by atoms with Gasteiger partial charge in [-0.15, -0.1) is 0 Å². The van der Waals surface area contributed by atoms with Crippen LogP contribution >= 0.6 is 0 Å². The minimum absolute atomic E-state index is 0. The molecule has 0 aromatic heterocycles. The number of nitrogens with zero attached hydrogens (tertiary/aromatic N) is 1. The maximum atomic E-state index is 9.02. The summed E-state index contributed by atoms with van der Waals surface area (Å²) in [6.45, 7) is 0. The Hall–Kier alpha value is 0.537. The van der Waals surface area contributed by atoms with Gasteiger partial charge in [0.2, 0.25) is 0 Å². The van der Waals surface area contributed by atoms with E-state index in [0.717, 1.165) is 0 Å². The van der Waals surface area contributed by atoms with Gasteiger partial charge in [0.05, 0.1) is 0 Å². The van der Waals surface area contributed by atoms with Gasteiger partial charge in [-0.1, -0.05) is 0 Å². The van der Waals surface area contributed by atoms with Crippen LogP contribution < -0.4 is 0 Å². The van der Waals surface area contributed by atoms with Crippen molar-refractivity contribution in [3.63, 3.8) is 0 Å². The van der Waals surface area contributed by atoms with Crippen molar-refractivity contribution in [2.45, 2.75) is 0 Å². The van der Waals surface area contributed by atoms with Crippen molar-refractivity contribution in [1.82, 2.24) is 0 Å². The van der Waals surface area contributed by atoms with Gasteiger partial charge in [-0.2, -0.15) is 0 Å². The molecular formula is CAlNOTi. The van der Waals surface area contributed by atoms with E-state index in [1.54, 1.807) is 0 Å². The second-order valence-corrected chi connectivity index (χ2v) is 0.741. The standard InChI is InChI=1S/CN.Al.O.Ti/c1-2;;;. The average molecular weight is 117 g/mol. The van der Waals surface area contributed by atoms with Crippen molar-refractivity contribution in [3.05, 3.63) is 0 Å². The summed E-state index contributed by atoms with van der Waals surface area (Å²) in [6.07, 6.45) is 0. The van der Waals surface area contributed by atoms with Crippen LogP contribution in [-0.2, 0) is 25.5 Å². The van der Waals surface area contributed by atoms with E-state index in [4.69, 9.17) is 9.07 Å². The van der Waals surface area contributed by atoms with Crippen LogP contribution in [0.5, 0.6) is 0 Å². The summed E-state index contributed by atoms with van der Waals surface area (Å²) in [4.78, 5) is 1.46. The zero-order valence-corrected chi connectivity index (χ0v) is 5.15. The Bertz CT molecular complexity index is 57.2. The molecule has 0 saturated heterocycles. The van der Waals surface area contributed by atoms with Crippen LogP contribution in [0.15, 0.2) is 0 Å². The van der Waals surface area contributed by atoms with E-state index in [1.807, 2.05) is 0 Å². The summed E-state index contributed by atoms with van der Waals surface area (Å²) < 4.78 is 9.02. The first-order valence-corrected chi connectivity index (χ1v) is 1.80. The minimum atomic E-state index is -1.16. The molecule has 0 aliphatic heterocycles. The van der Waals surface area contributed by atoms with Gasteiger partial charge in [0.15, 0.2) is 0 Å². The summed E-state index contributed by atoms with van der Waals surface area (Å²) in [5.74, 6) is 0. The van der Waals surface area contributed by atoms with Crippen LogP contribution in [0.1, 0.15) is 0 Å². The van der Waals surface area contributed by atoms with Crippen molar-refractivity contribution >= 4 is 15.2 Å². The molecule has 5 heavy (non-hydrogen) atoms. The number of hydrogen-bond donors (Lipinski definition) is 0. The van der Waals surface area contributed by atoms with E-state index >= 15 is 0 Å². The normalized spacial score (nSPS) is 2.20. The second kappa shape index (κ2) is 8.82. The monoisotopic (exact) mass is 117 g/mol. The first-order chi connectivity index (χ1) is 1.91. The van der Waals surface area contributed by atoms with Crippen molar-refractivity contribution in [1.29, 1.82) is 5.26 Å². The third-order valence-corrected chi connectivity index (χ3v) is 0.158. The van der Waals surface area contributed by atoms with E-state index < -0.39 is 15.2 Å². The largest absolute Gasteiger partial charge is 0 e. The quantitative estimate of drug-likeness (QED) is 0.401. The number of hydrogen-bond acceptors (Lipinski definition) is 2. The molecule has 0 rings (SSSR count). The van der Waals surface area contributed by atoms with Gasteiger partial charge in [0.25, 0.3) is 0 Å². The summed E-state index contributed by atoms with van der Waals surface area (Å²) >= 11 is -1.16. The molecule has 0 aromatic carbocycles. The summed E-state index contributed by atoms with van der Waals surface area (Å²) in [7, 11) is 0. The predicted octanol–water partition coefficient (Wildman–Crippen LogP) is -0.485. The zero-order valence-electron chi connectivity index (χ0n) is 2.43. The molecule has 0 unspecified atom stereocenters. The molecule has 0 aliphatic rings. The van der Waals surface area contributed by atoms with Gasteiger partial charge < -0.3 is 0 Å². The zero-order chi connectivity index (χ0) is 3.41. The van der Waals surface area contributed by atoms with Crippen LogP contribution in [0.2, 0.25) is 0 Å². The first-order valence-electron chi connectivity index (χ1n) is 0.748. The van der Waals surface area contributed by atoms with Gasteiger partial charge in [0.1, 0.15) is 0 Å². The molecule has 0 fully saturated rings. The van der Waals surface area contributed by atoms with Gasteiger partial charge in [-0.3, -0.25) is 0 Å². The minimum Gasteiger partial charge on any atom is 0 e. The van der Waals surface area contributed by atoms with Crippen molar-refractivity contribution < 1.29 is 25.5 Å². The van der Waals surface area contributed by atoms with Crippen molar-refractivity contribution in [3.8, 4) is 4.93 Å². The molecule has 4 heteroatoms. The van der Waals surface area contributed by atoms with Gasteiger partial charge in [-0.25, -0.2) is 0 Å². The second-order valence-electron chi connectivity index (χ2n) is 0.247. The molecule has 0 N–H and O–H groups in total. The fraction of sp³-hybridized carbons (Fsp3) is 0. The third kappa shape index (κ3) is 12.4. The Labute approximate surface area is 51.0 Å². The molecular weight excluding hydrogens is 117 g/mol. The summed E-state index contributed by atoms with van der Waals surface area (Å²) in [5, 5.41) is 7.35. The molecule has 0 saturated carbocycles. The molecule has 0 bridgehead atoms. The smallest absolute Gasteiger partial charge is 0 e. The third-order valence-electron chi connectivity index (χ3n) is 0.0527. The van der Waals surface area contributed by atoms with Gasteiger partial charge >= 0.3 is 29.2 Å². The summed E-state index contributed by atoms with van der Waals surface area (Å²) in [5.41, 5.74) is 0. The number of rotatable bonds is 0. The Morgan fingerprint density at radius 3 is 2.00 bits per heavy atom. The van der Waals surface area contributed by atoms with E-state index in [0.29, 0.717) is 0 Å². The van der Waals surface area contributed by atoms with Crippen molar-refractivity contribution in [2.75, 3.05) is 0 Å². The molecule has 22 valence electrons. The maximum absolute atomic E-state index is 9.02. The first kappa shape index (κ1) is 9.11. The Balaban J connectivity index is 0. The van der Waals surface area contributed by atoms with Crippen LogP contribution in [-0.4, -0.2) is 15.2 Å². The van der Waals surface area contributed by atoms with Crippen LogP contribution in [0.25, 0.3) is 0 Å². The maximum Gasteiger partial charge on any atom is 0 e. The van der Waals surface area contributed by atoms with E-state index in [1.165, 1.54) is 4.93 Å². The van der Waals surface area contributed by atoms with E-state index in [-0.39, 0.29) is 21.7 Å². The predicted molar refractivity (Wildman–Crippen MR) is 12.1 cm³/mol. The fourth-order valence-corrected chi connectivity index (χ4v) is 0. The molecule has 0 aromatic rings. The summed E-state index contributed by atoms with van der Waals surface area (Å²) in [6, 6.07) is 0. The number of nitriles is 1. The van der Waals surface area contributed by atoms with Gasteiger partial charge in [-0.05, 0) is 0 Å². The Morgan fingerprint density at radius 2 is 2.00 bits per heavy atom. The Morgan fingerprint density at radius 1 is 1.80 bits per heavy atom. The molecule has 0 atom stereocenters. The molecule has 0 amide bonds. The fourth-order valence-electron chi connectivity index (χ4n) is 0. The van der Waals surface area contributed by atoms with Crippen LogP contribution in [0, 0.1) is 10.2 Å². The molecule has 0 heterocycles.